The molecular formula is C16H22O4. The minimum Gasteiger partial charge on any atom is -0.496 e. The van der Waals surface area contributed by atoms with E-state index in [0.717, 1.165) is 12.0 Å². The van der Waals surface area contributed by atoms with Gasteiger partial charge in [-0.15, -0.1) is 0 Å². The summed E-state index contributed by atoms with van der Waals surface area (Å²) in [6, 6.07) is 3.61. The highest BCUT2D eigenvalue weighted by Gasteiger charge is 2.44. The van der Waals surface area contributed by atoms with Crippen molar-refractivity contribution in [2.24, 2.45) is 5.41 Å². The molecule has 0 N–H and O–H groups in total. The summed E-state index contributed by atoms with van der Waals surface area (Å²) in [5.41, 5.74) is 0.745. The maximum absolute atomic E-state index is 12.3. The molecule has 20 heavy (non-hydrogen) atoms. The first-order valence-corrected chi connectivity index (χ1v) is 6.77. The van der Waals surface area contributed by atoms with Gasteiger partial charge in [0.25, 0.3) is 0 Å². The summed E-state index contributed by atoms with van der Waals surface area (Å²) in [7, 11) is 4.80. The van der Waals surface area contributed by atoms with Crippen molar-refractivity contribution in [3.8, 4) is 17.2 Å². The van der Waals surface area contributed by atoms with Crippen LogP contribution in [0.25, 0.3) is 0 Å². The molecule has 4 nitrogen and oxygen atoms in total. The second kappa shape index (κ2) is 5.35. The number of rotatable bonds is 4. The number of ketones is 1. The number of carbonyl (C=O) groups is 1. The molecule has 0 heterocycles. The summed E-state index contributed by atoms with van der Waals surface area (Å²) in [6.45, 7) is 4.23. The standard InChI is InChI=1S/C16H22O4/c1-16(2)7-6-11(17)15(16)14-12(19-4)8-10(18-3)9-13(14)20-5/h8-9,15H,6-7H2,1-5H3. The van der Waals surface area contributed by atoms with E-state index in [-0.39, 0.29) is 17.1 Å². The van der Waals surface area contributed by atoms with E-state index in [1.807, 2.05) is 0 Å². The van der Waals surface area contributed by atoms with E-state index in [1.165, 1.54) is 0 Å². The topological polar surface area (TPSA) is 44.8 Å². The molecule has 1 atom stereocenters. The third-order valence-corrected chi connectivity index (χ3v) is 4.16. The van der Waals surface area contributed by atoms with E-state index in [0.29, 0.717) is 23.7 Å². The summed E-state index contributed by atoms with van der Waals surface area (Å²) < 4.78 is 16.2. The number of hydrogen-bond acceptors (Lipinski definition) is 4. The Morgan fingerprint density at radius 2 is 1.60 bits per heavy atom. The fourth-order valence-electron chi connectivity index (χ4n) is 3.04. The predicted molar refractivity (Wildman–Crippen MR) is 76.9 cm³/mol. The second-order valence-electron chi connectivity index (χ2n) is 5.83. The largest absolute Gasteiger partial charge is 0.496 e. The van der Waals surface area contributed by atoms with Crippen LogP contribution in [0.1, 0.15) is 38.2 Å². The fourth-order valence-corrected chi connectivity index (χ4v) is 3.04. The van der Waals surface area contributed by atoms with E-state index < -0.39 is 0 Å². The van der Waals surface area contributed by atoms with Crippen LogP contribution in [-0.4, -0.2) is 27.1 Å². The van der Waals surface area contributed by atoms with Gasteiger partial charge in [0, 0.05) is 24.1 Å². The normalized spacial score (nSPS) is 20.9. The first kappa shape index (κ1) is 14.7. The highest BCUT2D eigenvalue weighted by atomic mass is 16.5. The van der Waals surface area contributed by atoms with Crippen molar-refractivity contribution in [3.05, 3.63) is 17.7 Å². The molecule has 1 aromatic rings. The van der Waals surface area contributed by atoms with E-state index >= 15 is 0 Å². The summed E-state index contributed by atoms with van der Waals surface area (Å²) in [6.07, 6.45) is 1.49. The lowest BCUT2D eigenvalue weighted by Gasteiger charge is -2.28. The van der Waals surface area contributed by atoms with Crippen molar-refractivity contribution in [2.75, 3.05) is 21.3 Å². The highest BCUT2D eigenvalue weighted by Crippen LogP contribution is 2.52. The molecule has 0 saturated heterocycles. The summed E-state index contributed by atoms with van der Waals surface area (Å²) >= 11 is 0. The second-order valence-corrected chi connectivity index (χ2v) is 5.83. The lowest BCUT2D eigenvalue weighted by Crippen LogP contribution is -2.21. The van der Waals surface area contributed by atoms with Gasteiger partial charge < -0.3 is 14.2 Å². The van der Waals surface area contributed by atoms with Crippen molar-refractivity contribution in [1.82, 2.24) is 0 Å². The lowest BCUT2D eigenvalue weighted by atomic mass is 9.76. The monoisotopic (exact) mass is 278 g/mol. The molecule has 0 aromatic heterocycles. The summed E-state index contributed by atoms with van der Waals surface area (Å²) in [4.78, 5) is 12.3. The number of benzene rings is 1. The molecule has 0 radical (unpaired) electrons. The third-order valence-electron chi connectivity index (χ3n) is 4.16. The van der Waals surface area contributed by atoms with Crippen LogP contribution in [-0.2, 0) is 4.79 Å². The zero-order valence-electron chi connectivity index (χ0n) is 12.8. The van der Waals surface area contributed by atoms with Gasteiger partial charge in [-0.2, -0.15) is 0 Å². The maximum Gasteiger partial charge on any atom is 0.141 e. The number of ether oxygens (including phenoxy) is 3. The van der Waals surface area contributed by atoms with Crippen LogP contribution >= 0.6 is 0 Å². The molecular weight excluding hydrogens is 256 g/mol. The maximum atomic E-state index is 12.3. The van der Waals surface area contributed by atoms with Crippen LogP contribution in [0.3, 0.4) is 0 Å². The zero-order valence-corrected chi connectivity index (χ0v) is 12.8. The Bertz CT molecular complexity index is 494. The molecule has 1 saturated carbocycles. The van der Waals surface area contributed by atoms with Gasteiger partial charge in [0.1, 0.15) is 23.0 Å². The van der Waals surface area contributed by atoms with Crippen molar-refractivity contribution in [1.29, 1.82) is 0 Å². The van der Waals surface area contributed by atoms with Crippen molar-refractivity contribution in [3.63, 3.8) is 0 Å². The van der Waals surface area contributed by atoms with Gasteiger partial charge in [0.2, 0.25) is 0 Å². The molecule has 1 aromatic carbocycles. The van der Waals surface area contributed by atoms with Gasteiger partial charge >= 0.3 is 0 Å². The van der Waals surface area contributed by atoms with Crippen molar-refractivity contribution < 1.29 is 19.0 Å². The number of carbonyl (C=O) groups excluding carboxylic acids is 1. The first-order valence-electron chi connectivity index (χ1n) is 6.77. The third kappa shape index (κ3) is 2.35. The molecule has 0 aliphatic heterocycles. The van der Waals surface area contributed by atoms with Crippen LogP contribution in [0, 0.1) is 5.41 Å². The zero-order chi connectivity index (χ0) is 14.9. The van der Waals surface area contributed by atoms with Crippen LogP contribution in [0.4, 0.5) is 0 Å². The minimum atomic E-state index is -0.196. The Morgan fingerprint density at radius 3 is 1.95 bits per heavy atom. The smallest absolute Gasteiger partial charge is 0.141 e. The molecule has 2 rings (SSSR count). The molecule has 0 amide bonds. The van der Waals surface area contributed by atoms with Gasteiger partial charge in [-0.1, -0.05) is 13.8 Å². The van der Waals surface area contributed by atoms with Crippen LogP contribution in [0.15, 0.2) is 12.1 Å². The van der Waals surface area contributed by atoms with Crippen molar-refractivity contribution >= 4 is 5.78 Å². The first-order chi connectivity index (χ1) is 9.44. The molecule has 1 aliphatic rings. The molecule has 0 spiro atoms. The van der Waals surface area contributed by atoms with E-state index in [2.05, 4.69) is 13.8 Å². The highest BCUT2D eigenvalue weighted by molar-refractivity contribution is 5.90. The lowest BCUT2D eigenvalue weighted by molar-refractivity contribution is -0.119. The minimum absolute atomic E-state index is 0.0910. The molecule has 1 unspecified atom stereocenters. The quantitative estimate of drug-likeness (QED) is 0.848. The molecule has 1 fully saturated rings. The Hall–Kier alpha value is -1.71. The summed E-state index contributed by atoms with van der Waals surface area (Å²) in [5.74, 6) is 2.00. The Morgan fingerprint density at radius 1 is 1.05 bits per heavy atom. The van der Waals surface area contributed by atoms with E-state index in [9.17, 15) is 4.79 Å². The number of methoxy groups -OCH3 is 3. The Labute approximate surface area is 120 Å². The van der Waals surface area contributed by atoms with Crippen LogP contribution in [0.2, 0.25) is 0 Å². The van der Waals surface area contributed by atoms with Crippen molar-refractivity contribution in [2.45, 2.75) is 32.6 Å². The fraction of sp³-hybridized carbons (Fsp3) is 0.562. The Balaban J connectivity index is 2.63. The van der Waals surface area contributed by atoms with Gasteiger partial charge in [-0.05, 0) is 11.8 Å². The predicted octanol–water partition coefficient (Wildman–Crippen LogP) is 3.19. The van der Waals surface area contributed by atoms with Gasteiger partial charge in [-0.25, -0.2) is 0 Å². The average Bonchev–Trinajstić information content (AvgIpc) is 2.71. The average molecular weight is 278 g/mol. The number of hydrogen-bond donors (Lipinski definition) is 0. The SMILES string of the molecule is COc1cc(OC)c(C2C(=O)CCC2(C)C)c(OC)c1. The summed E-state index contributed by atoms with van der Waals surface area (Å²) in [5, 5.41) is 0. The van der Waals surface area contributed by atoms with Crippen LogP contribution in [0.5, 0.6) is 17.2 Å². The van der Waals surface area contributed by atoms with Crippen LogP contribution < -0.4 is 14.2 Å². The number of Topliss-reactive ketones (excluding diaryl/α,β-unsaturated/α-hetero) is 1. The molecule has 110 valence electrons. The van der Waals surface area contributed by atoms with E-state index in [4.69, 9.17) is 14.2 Å². The molecule has 0 bridgehead atoms. The molecule has 1 aliphatic carbocycles. The van der Waals surface area contributed by atoms with Gasteiger partial charge in [-0.3, -0.25) is 4.79 Å². The van der Waals surface area contributed by atoms with Gasteiger partial charge in [0.15, 0.2) is 0 Å². The van der Waals surface area contributed by atoms with Gasteiger partial charge in [0.05, 0.1) is 27.2 Å². The Kier molecular flexibility index (Phi) is 3.93. The van der Waals surface area contributed by atoms with E-state index in [1.54, 1.807) is 33.5 Å². The molecule has 4 heteroatoms.